The second kappa shape index (κ2) is 8.71. The molecule has 0 spiro atoms. The summed E-state index contributed by atoms with van der Waals surface area (Å²) >= 11 is 0. The van der Waals surface area contributed by atoms with Crippen LogP contribution in [0.25, 0.3) is 0 Å². The van der Waals surface area contributed by atoms with Crippen molar-refractivity contribution >= 4 is 18.3 Å². The van der Waals surface area contributed by atoms with Gasteiger partial charge in [-0.05, 0) is 18.9 Å². The van der Waals surface area contributed by atoms with Crippen LogP contribution in [0, 0.1) is 0 Å². The molecule has 2 aliphatic heterocycles. The van der Waals surface area contributed by atoms with Gasteiger partial charge in [-0.1, -0.05) is 18.2 Å². The van der Waals surface area contributed by atoms with Crippen LogP contribution in [0.5, 0.6) is 5.75 Å². The molecule has 27 heavy (non-hydrogen) atoms. The zero-order valence-electron chi connectivity index (χ0n) is 15.6. The van der Waals surface area contributed by atoms with Crippen molar-refractivity contribution in [3.63, 3.8) is 0 Å². The van der Waals surface area contributed by atoms with E-state index in [2.05, 4.69) is 20.1 Å². The molecule has 0 radical (unpaired) electrons. The summed E-state index contributed by atoms with van der Waals surface area (Å²) in [6, 6.07) is 7.73. The van der Waals surface area contributed by atoms with Crippen LogP contribution < -0.4 is 10.1 Å². The zero-order valence-corrected chi connectivity index (χ0v) is 16.4. The van der Waals surface area contributed by atoms with Gasteiger partial charge in [-0.2, -0.15) is 0 Å². The Hall–Kier alpha value is -2.12. The van der Waals surface area contributed by atoms with Crippen molar-refractivity contribution in [1.82, 2.24) is 25.0 Å². The van der Waals surface area contributed by atoms with Gasteiger partial charge >= 0.3 is 0 Å². The molecule has 1 amide bonds. The van der Waals surface area contributed by atoms with Crippen LogP contribution in [-0.2, 0) is 24.3 Å². The number of halogens is 1. The van der Waals surface area contributed by atoms with E-state index in [1.807, 2.05) is 29.2 Å². The average molecular weight is 392 g/mol. The number of likely N-dealkylation sites (tertiary alicyclic amines) is 1. The summed E-state index contributed by atoms with van der Waals surface area (Å²) in [4.78, 5) is 14.7. The van der Waals surface area contributed by atoms with Gasteiger partial charge in [0.05, 0.1) is 20.1 Å². The number of benzene rings is 1. The minimum absolute atomic E-state index is 0. The number of aromatic nitrogens is 3. The van der Waals surface area contributed by atoms with Crippen molar-refractivity contribution in [2.45, 2.75) is 38.3 Å². The summed E-state index contributed by atoms with van der Waals surface area (Å²) in [5.74, 6) is 3.46. The van der Waals surface area contributed by atoms with E-state index < -0.39 is 0 Å². The normalized spacial score (nSPS) is 17.1. The number of carbonyl (C=O) groups excluding carboxylic acids is 1. The zero-order chi connectivity index (χ0) is 17.9. The summed E-state index contributed by atoms with van der Waals surface area (Å²) in [7, 11) is 1.64. The average Bonchev–Trinajstić information content (AvgIpc) is 3.12. The van der Waals surface area contributed by atoms with E-state index in [1.165, 1.54) is 0 Å². The van der Waals surface area contributed by atoms with Crippen LogP contribution in [0.2, 0.25) is 0 Å². The van der Waals surface area contributed by atoms with Gasteiger partial charge in [0.1, 0.15) is 17.4 Å². The molecule has 1 saturated heterocycles. The van der Waals surface area contributed by atoms with Crippen LogP contribution >= 0.6 is 12.4 Å². The van der Waals surface area contributed by atoms with E-state index in [4.69, 9.17) is 4.74 Å². The molecule has 0 bridgehead atoms. The Balaban J connectivity index is 0.00000210. The number of ether oxygens (including phenoxy) is 1. The SMILES string of the molecule is COc1ccccc1CC(=O)N1CCC(c2nnc3n2CCNC3)CC1.Cl. The Labute approximate surface area is 165 Å². The molecular weight excluding hydrogens is 366 g/mol. The second-order valence-electron chi connectivity index (χ2n) is 6.95. The van der Waals surface area contributed by atoms with E-state index in [-0.39, 0.29) is 18.3 Å². The summed E-state index contributed by atoms with van der Waals surface area (Å²) in [5, 5.41) is 12.1. The van der Waals surface area contributed by atoms with Gasteiger partial charge in [-0.3, -0.25) is 4.79 Å². The van der Waals surface area contributed by atoms with Gasteiger partial charge in [-0.25, -0.2) is 0 Å². The highest BCUT2D eigenvalue weighted by Gasteiger charge is 2.28. The van der Waals surface area contributed by atoms with E-state index >= 15 is 0 Å². The minimum Gasteiger partial charge on any atom is -0.496 e. The molecule has 146 valence electrons. The maximum absolute atomic E-state index is 12.7. The predicted octanol–water partition coefficient (Wildman–Crippen LogP) is 1.76. The lowest BCUT2D eigenvalue weighted by molar-refractivity contribution is -0.131. The molecule has 1 N–H and O–H groups in total. The third kappa shape index (κ3) is 4.09. The first-order valence-corrected chi connectivity index (χ1v) is 9.28. The Kier molecular flexibility index (Phi) is 6.34. The smallest absolute Gasteiger partial charge is 0.227 e. The number of para-hydroxylation sites is 1. The molecule has 1 aromatic carbocycles. The number of piperidine rings is 1. The number of hydrogen-bond acceptors (Lipinski definition) is 5. The molecule has 2 aromatic rings. The number of hydrogen-bond donors (Lipinski definition) is 1. The maximum atomic E-state index is 12.7. The predicted molar refractivity (Wildman–Crippen MR) is 104 cm³/mol. The number of nitrogens with one attached hydrogen (secondary N) is 1. The lowest BCUT2D eigenvalue weighted by atomic mass is 9.95. The highest BCUT2D eigenvalue weighted by Crippen LogP contribution is 2.28. The van der Waals surface area contributed by atoms with Crippen molar-refractivity contribution in [3.8, 4) is 5.75 Å². The third-order valence-electron chi connectivity index (χ3n) is 5.40. The lowest BCUT2D eigenvalue weighted by Gasteiger charge is -2.32. The molecule has 1 aromatic heterocycles. The van der Waals surface area contributed by atoms with Crippen LogP contribution in [0.15, 0.2) is 24.3 Å². The monoisotopic (exact) mass is 391 g/mol. The van der Waals surface area contributed by atoms with Crippen LogP contribution in [0.1, 0.15) is 36.0 Å². The van der Waals surface area contributed by atoms with Gasteiger partial charge in [-0.15, -0.1) is 22.6 Å². The van der Waals surface area contributed by atoms with Crippen molar-refractivity contribution in [2.75, 3.05) is 26.7 Å². The van der Waals surface area contributed by atoms with Gasteiger partial charge in [0, 0.05) is 37.7 Å². The van der Waals surface area contributed by atoms with Gasteiger partial charge in [0.2, 0.25) is 5.91 Å². The minimum atomic E-state index is 0. The standard InChI is InChI=1S/C19H25N5O2.ClH/c1-26-16-5-3-2-4-15(16)12-18(25)23-9-6-14(7-10-23)19-22-21-17-13-20-8-11-24(17)19;/h2-5,14,20H,6-13H2,1H3;1H. The van der Waals surface area contributed by atoms with Crippen molar-refractivity contribution in [1.29, 1.82) is 0 Å². The van der Waals surface area contributed by atoms with Crippen molar-refractivity contribution < 1.29 is 9.53 Å². The topological polar surface area (TPSA) is 72.3 Å². The van der Waals surface area contributed by atoms with Crippen LogP contribution in [0.3, 0.4) is 0 Å². The largest absolute Gasteiger partial charge is 0.496 e. The van der Waals surface area contributed by atoms with Crippen molar-refractivity contribution in [3.05, 3.63) is 41.5 Å². The number of amides is 1. The van der Waals surface area contributed by atoms with E-state index in [9.17, 15) is 4.79 Å². The first-order chi connectivity index (χ1) is 12.8. The van der Waals surface area contributed by atoms with Gasteiger partial charge < -0.3 is 19.5 Å². The van der Waals surface area contributed by atoms with E-state index in [0.717, 1.165) is 68.5 Å². The lowest BCUT2D eigenvalue weighted by Crippen LogP contribution is -2.39. The second-order valence-corrected chi connectivity index (χ2v) is 6.95. The molecule has 1 fully saturated rings. The summed E-state index contributed by atoms with van der Waals surface area (Å²) in [5.41, 5.74) is 0.946. The Morgan fingerprint density at radius 2 is 2.00 bits per heavy atom. The van der Waals surface area contributed by atoms with Gasteiger partial charge in [0.15, 0.2) is 0 Å². The molecule has 0 unspecified atom stereocenters. The number of rotatable bonds is 4. The highest BCUT2D eigenvalue weighted by molar-refractivity contribution is 5.85. The Bertz CT molecular complexity index is 786. The maximum Gasteiger partial charge on any atom is 0.227 e. The van der Waals surface area contributed by atoms with E-state index in [0.29, 0.717) is 12.3 Å². The first kappa shape index (κ1) is 19.6. The molecule has 0 atom stereocenters. The van der Waals surface area contributed by atoms with Gasteiger partial charge in [0.25, 0.3) is 0 Å². The quantitative estimate of drug-likeness (QED) is 0.859. The molecular formula is C19H26ClN5O2. The number of carbonyl (C=O) groups is 1. The molecule has 0 saturated carbocycles. The van der Waals surface area contributed by atoms with Crippen molar-refractivity contribution in [2.24, 2.45) is 0 Å². The number of nitrogens with zero attached hydrogens (tertiary/aromatic N) is 4. The summed E-state index contributed by atoms with van der Waals surface area (Å²) in [6.07, 6.45) is 2.28. The fraction of sp³-hybridized carbons (Fsp3) is 0.526. The number of methoxy groups -OCH3 is 1. The fourth-order valence-electron chi connectivity index (χ4n) is 3.93. The van der Waals surface area contributed by atoms with Crippen LogP contribution in [0.4, 0.5) is 0 Å². The molecule has 2 aliphatic rings. The molecule has 4 rings (SSSR count). The Morgan fingerprint density at radius 3 is 2.78 bits per heavy atom. The van der Waals surface area contributed by atoms with Crippen LogP contribution in [-0.4, -0.2) is 52.3 Å². The number of fused-ring (bicyclic) bond motifs is 1. The highest BCUT2D eigenvalue weighted by atomic mass is 35.5. The molecule has 3 heterocycles. The third-order valence-corrected chi connectivity index (χ3v) is 5.40. The molecule has 7 nitrogen and oxygen atoms in total. The van der Waals surface area contributed by atoms with E-state index in [1.54, 1.807) is 7.11 Å². The molecule has 0 aliphatic carbocycles. The Morgan fingerprint density at radius 1 is 1.22 bits per heavy atom. The first-order valence-electron chi connectivity index (χ1n) is 9.28. The summed E-state index contributed by atoms with van der Waals surface area (Å²) < 4.78 is 7.62. The fourth-order valence-corrected chi connectivity index (χ4v) is 3.93. The molecule has 8 heteroatoms. The summed E-state index contributed by atoms with van der Waals surface area (Å²) in [6.45, 7) is 4.25.